The third kappa shape index (κ3) is 2.94. The second-order valence-corrected chi connectivity index (χ2v) is 6.54. The summed E-state index contributed by atoms with van der Waals surface area (Å²) < 4.78 is 14.7. The van der Waals surface area contributed by atoms with Crippen LogP contribution in [0.25, 0.3) is 0 Å². The molecular formula is C13H11BrClFOS. The van der Waals surface area contributed by atoms with Crippen LogP contribution in [0, 0.1) is 12.7 Å². The first-order chi connectivity index (χ1) is 8.49. The van der Waals surface area contributed by atoms with Crippen LogP contribution in [0.5, 0.6) is 0 Å². The van der Waals surface area contributed by atoms with E-state index in [0.717, 1.165) is 14.2 Å². The van der Waals surface area contributed by atoms with Crippen molar-refractivity contribution in [3.05, 3.63) is 54.9 Å². The molecule has 0 radical (unpaired) electrons. The van der Waals surface area contributed by atoms with Gasteiger partial charge in [-0.2, -0.15) is 0 Å². The molecule has 0 aliphatic carbocycles. The van der Waals surface area contributed by atoms with Gasteiger partial charge in [0.25, 0.3) is 0 Å². The van der Waals surface area contributed by atoms with Gasteiger partial charge in [0, 0.05) is 20.6 Å². The van der Waals surface area contributed by atoms with E-state index in [1.54, 1.807) is 12.1 Å². The second kappa shape index (κ2) is 5.70. The number of aliphatic hydroxyl groups excluding tert-OH is 1. The van der Waals surface area contributed by atoms with Crippen molar-refractivity contribution < 1.29 is 9.50 Å². The van der Waals surface area contributed by atoms with Gasteiger partial charge in [-0.1, -0.05) is 23.7 Å². The number of halogens is 3. The van der Waals surface area contributed by atoms with Gasteiger partial charge in [-0.05, 0) is 40.5 Å². The lowest BCUT2D eigenvalue weighted by atomic mass is 10.1. The highest BCUT2D eigenvalue weighted by Crippen LogP contribution is 2.32. The van der Waals surface area contributed by atoms with Crippen LogP contribution in [0.1, 0.15) is 21.4 Å². The molecule has 0 fully saturated rings. The summed E-state index contributed by atoms with van der Waals surface area (Å²) in [5.74, 6) is -0.453. The molecule has 0 aliphatic rings. The van der Waals surface area contributed by atoms with Gasteiger partial charge in [0.05, 0.1) is 11.1 Å². The maximum atomic E-state index is 13.7. The first-order valence-electron chi connectivity index (χ1n) is 5.36. The summed E-state index contributed by atoms with van der Waals surface area (Å²) in [5, 5.41) is 10.2. The van der Waals surface area contributed by atoms with E-state index >= 15 is 0 Å². The van der Waals surface area contributed by atoms with E-state index in [2.05, 4.69) is 15.9 Å². The van der Waals surface area contributed by atoms with Gasteiger partial charge in [0.15, 0.2) is 0 Å². The minimum atomic E-state index is -0.715. The zero-order valence-corrected chi connectivity index (χ0v) is 12.7. The lowest BCUT2D eigenvalue weighted by Crippen LogP contribution is -2.02. The van der Waals surface area contributed by atoms with Crippen LogP contribution in [0.2, 0.25) is 5.02 Å². The van der Waals surface area contributed by atoms with E-state index in [1.165, 1.54) is 17.4 Å². The highest BCUT2D eigenvalue weighted by atomic mass is 79.9. The SMILES string of the molecule is Cc1sc(C(O)Cc2cccc(Cl)c2F)cc1Br. The van der Waals surface area contributed by atoms with Crippen LogP contribution in [-0.2, 0) is 6.42 Å². The summed E-state index contributed by atoms with van der Waals surface area (Å²) >= 11 is 10.6. The molecule has 1 N–H and O–H groups in total. The molecule has 96 valence electrons. The van der Waals surface area contributed by atoms with Gasteiger partial charge < -0.3 is 5.11 Å². The van der Waals surface area contributed by atoms with Crippen LogP contribution in [0.3, 0.4) is 0 Å². The summed E-state index contributed by atoms with van der Waals surface area (Å²) in [6, 6.07) is 6.69. The zero-order chi connectivity index (χ0) is 13.3. The molecule has 2 aromatic rings. The van der Waals surface area contributed by atoms with Crippen molar-refractivity contribution in [3.8, 4) is 0 Å². The van der Waals surface area contributed by atoms with E-state index in [0.29, 0.717) is 5.56 Å². The number of aryl methyl sites for hydroxylation is 1. The molecule has 2 rings (SSSR count). The Morgan fingerprint density at radius 2 is 2.22 bits per heavy atom. The van der Waals surface area contributed by atoms with Crippen molar-refractivity contribution >= 4 is 38.9 Å². The monoisotopic (exact) mass is 348 g/mol. The Bertz CT molecular complexity index is 551. The van der Waals surface area contributed by atoms with Crippen molar-refractivity contribution in [1.82, 2.24) is 0 Å². The molecule has 1 heterocycles. The molecule has 0 spiro atoms. The fraction of sp³-hybridized carbons (Fsp3) is 0.231. The van der Waals surface area contributed by atoms with E-state index in [4.69, 9.17) is 11.6 Å². The number of hydrogen-bond acceptors (Lipinski definition) is 2. The third-order valence-electron chi connectivity index (χ3n) is 2.65. The van der Waals surface area contributed by atoms with Crippen molar-refractivity contribution in [3.63, 3.8) is 0 Å². The molecule has 1 aromatic carbocycles. The summed E-state index contributed by atoms with van der Waals surface area (Å²) in [4.78, 5) is 1.91. The Morgan fingerprint density at radius 3 is 2.83 bits per heavy atom. The Kier molecular flexibility index (Phi) is 4.43. The highest BCUT2D eigenvalue weighted by Gasteiger charge is 2.16. The molecule has 0 saturated heterocycles. The van der Waals surface area contributed by atoms with Gasteiger partial charge >= 0.3 is 0 Å². The summed E-state index contributed by atoms with van der Waals surface area (Å²) in [7, 11) is 0. The van der Waals surface area contributed by atoms with Crippen molar-refractivity contribution in [2.75, 3.05) is 0 Å². The standard InChI is InChI=1S/C13H11BrClFOS/c1-7-9(14)6-12(18-7)11(17)5-8-3-2-4-10(15)13(8)16/h2-4,6,11,17H,5H2,1H3. The van der Waals surface area contributed by atoms with E-state index in [1.807, 2.05) is 13.0 Å². The average molecular weight is 350 g/mol. The second-order valence-electron chi connectivity index (χ2n) is 3.99. The molecule has 18 heavy (non-hydrogen) atoms. The van der Waals surface area contributed by atoms with E-state index < -0.39 is 11.9 Å². The number of benzene rings is 1. The van der Waals surface area contributed by atoms with Crippen LogP contribution in [-0.4, -0.2) is 5.11 Å². The minimum absolute atomic E-state index is 0.0863. The van der Waals surface area contributed by atoms with Gasteiger partial charge in [-0.3, -0.25) is 0 Å². The van der Waals surface area contributed by atoms with Gasteiger partial charge in [0.2, 0.25) is 0 Å². The number of hydrogen-bond donors (Lipinski definition) is 1. The molecule has 0 aliphatic heterocycles. The Morgan fingerprint density at radius 1 is 1.50 bits per heavy atom. The van der Waals surface area contributed by atoms with Gasteiger partial charge in [0.1, 0.15) is 5.82 Å². The first-order valence-corrected chi connectivity index (χ1v) is 7.34. The fourth-order valence-electron chi connectivity index (χ4n) is 1.66. The molecule has 0 amide bonds. The molecule has 1 aromatic heterocycles. The predicted octanol–water partition coefficient (Wildman–Crippen LogP) is 4.89. The molecule has 0 bridgehead atoms. The van der Waals surface area contributed by atoms with Crippen LogP contribution >= 0.6 is 38.9 Å². The van der Waals surface area contributed by atoms with E-state index in [9.17, 15) is 9.50 Å². The van der Waals surface area contributed by atoms with Crippen molar-refractivity contribution in [2.24, 2.45) is 0 Å². The van der Waals surface area contributed by atoms with Gasteiger partial charge in [-0.25, -0.2) is 4.39 Å². The molecule has 1 nitrogen and oxygen atoms in total. The Hall–Kier alpha value is -0.420. The summed E-state index contributed by atoms with van der Waals surface area (Å²) in [5.41, 5.74) is 0.428. The molecule has 1 atom stereocenters. The number of thiophene rings is 1. The van der Waals surface area contributed by atoms with Gasteiger partial charge in [-0.15, -0.1) is 11.3 Å². The van der Waals surface area contributed by atoms with Crippen molar-refractivity contribution in [2.45, 2.75) is 19.4 Å². The number of aliphatic hydroxyl groups is 1. The maximum absolute atomic E-state index is 13.7. The summed E-state index contributed by atoms with van der Waals surface area (Å²) in [6.45, 7) is 1.96. The first kappa shape index (κ1) is 14.0. The minimum Gasteiger partial charge on any atom is -0.387 e. The van der Waals surface area contributed by atoms with Crippen LogP contribution < -0.4 is 0 Å². The third-order valence-corrected chi connectivity index (χ3v) is 5.18. The fourth-order valence-corrected chi connectivity index (χ4v) is 3.40. The molecule has 1 unspecified atom stereocenters. The summed E-state index contributed by atoms with van der Waals surface area (Å²) in [6.07, 6.45) is -0.494. The lowest BCUT2D eigenvalue weighted by Gasteiger charge is -2.09. The largest absolute Gasteiger partial charge is 0.387 e. The lowest BCUT2D eigenvalue weighted by molar-refractivity contribution is 0.181. The van der Waals surface area contributed by atoms with Crippen LogP contribution in [0.15, 0.2) is 28.7 Å². The van der Waals surface area contributed by atoms with E-state index in [-0.39, 0.29) is 11.4 Å². The quantitative estimate of drug-likeness (QED) is 0.836. The van der Waals surface area contributed by atoms with Crippen molar-refractivity contribution in [1.29, 1.82) is 0 Å². The predicted molar refractivity (Wildman–Crippen MR) is 76.8 cm³/mol. The average Bonchev–Trinajstić information content (AvgIpc) is 2.66. The molecule has 5 heteroatoms. The van der Waals surface area contributed by atoms with Crippen LogP contribution in [0.4, 0.5) is 4.39 Å². The topological polar surface area (TPSA) is 20.2 Å². The zero-order valence-electron chi connectivity index (χ0n) is 9.58. The Balaban J connectivity index is 2.21. The molecular weight excluding hydrogens is 339 g/mol. The highest BCUT2D eigenvalue weighted by molar-refractivity contribution is 9.10. The Labute approximate surface area is 122 Å². The normalized spacial score (nSPS) is 12.7. The number of rotatable bonds is 3. The molecule has 0 saturated carbocycles. The smallest absolute Gasteiger partial charge is 0.145 e. The maximum Gasteiger partial charge on any atom is 0.145 e.